The quantitative estimate of drug-likeness (QED) is 0.612. The van der Waals surface area contributed by atoms with Gasteiger partial charge in [0.25, 0.3) is 5.91 Å². The third-order valence-corrected chi connectivity index (χ3v) is 4.86. The van der Waals surface area contributed by atoms with E-state index in [4.69, 9.17) is 4.52 Å². The van der Waals surface area contributed by atoms with Crippen molar-refractivity contribution in [2.24, 2.45) is 5.41 Å². The maximum atomic E-state index is 13.0. The highest BCUT2D eigenvalue weighted by molar-refractivity contribution is 5.92. The van der Waals surface area contributed by atoms with Gasteiger partial charge in [-0.15, -0.1) is 0 Å². The Kier molecular flexibility index (Phi) is 6.90. The normalized spacial score (nSPS) is 11.2. The molecule has 6 heteroatoms. The lowest BCUT2D eigenvalue weighted by Crippen LogP contribution is -2.38. The topological polar surface area (TPSA) is 75.4 Å². The molecule has 0 atom stereocenters. The average Bonchev–Trinajstić information content (AvgIpc) is 3.21. The largest absolute Gasteiger partial charge is 0.359 e. The highest BCUT2D eigenvalue weighted by Crippen LogP contribution is 2.21. The average molecular weight is 420 g/mol. The second-order valence-electron chi connectivity index (χ2n) is 8.74. The molecule has 1 N–H and O–H groups in total. The van der Waals surface area contributed by atoms with E-state index >= 15 is 0 Å². The zero-order valence-electron chi connectivity index (χ0n) is 18.5. The minimum Gasteiger partial charge on any atom is -0.359 e. The zero-order valence-corrected chi connectivity index (χ0v) is 18.5. The standard InChI is InChI=1S/C25H29N3O3/c1-18-10-12-19(13-11-18)15-26-23(29)22-14-21(31-27-22)17-28(24(30)25(2,3)4)16-20-8-6-5-7-9-20/h5-14H,15-17H2,1-4H3,(H,26,29). The fraction of sp³-hybridized carbons (Fsp3) is 0.320. The minimum absolute atomic E-state index is 0.00174. The van der Waals surface area contributed by atoms with Gasteiger partial charge in [0.05, 0.1) is 6.54 Å². The number of aryl methyl sites for hydroxylation is 1. The van der Waals surface area contributed by atoms with E-state index < -0.39 is 5.41 Å². The number of rotatable bonds is 7. The molecule has 0 radical (unpaired) electrons. The summed E-state index contributed by atoms with van der Waals surface area (Å²) in [6.45, 7) is 8.78. The van der Waals surface area contributed by atoms with Crippen LogP contribution >= 0.6 is 0 Å². The molecule has 1 heterocycles. The van der Waals surface area contributed by atoms with E-state index in [2.05, 4.69) is 10.5 Å². The van der Waals surface area contributed by atoms with Crippen molar-refractivity contribution in [3.63, 3.8) is 0 Å². The van der Waals surface area contributed by atoms with Crippen molar-refractivity contribution < 1.29 is 14.1 Å². The fourth-order valence-electron chi connectivity index (χ4n) is 3.14. The van der Waals surface area contributed by atoms with Crippen molar-refractivity contribution in [2.75, 3.05) is 0 Å². The first kappa shape index (κ1) is 22.3. The molecule has 0 unspecified atom stereocenters. The predicted molar refractivity (Wildman–Crippen MR) is 119 cm³/mol. The van der Waals surface area contributed by atoms with E-state index in [-0.39, 0.29) is 24.1 Å². The maximum absolute atomic E-state index is 13.0. The molecule has 2 amide bonds. The summed E-state index contributed by atoms with van der Waals surface area (Å²) in [5, 5.41) is 6.75. The van der Waals surface area contributed by atoms with Crippen LogP contribution in [-0.2, 0) is 24.4 Å². The second kappa shape index (κ2) is 9.60. The highest BCUT2D eigenvalue weighted by atomic mass is 16.5. The third-order valence-electron chi connectivity index (χ3n) is 4.86. The molecule has 3 aromatic rings. The van der Waals surface area contributed by atoms with Crippen LogP contribution in [0.15, 0.2) is 65.2 Å². The predicted octanol–water partition coefficient (Wildman–Crippen LogP) is 4.49. The second-order valence-corrected chi connectivity index (χ2v) is 8.74. The Hall–Kier alpha value is -3.41. The summed E-state index contributed by atoms with van der Waals surface area (Å²) in [6, 6.07) is 19.3. The molecule has 0 bridgehead atoms. The van der Waals surface area contributed by atoms with Gasteiger partial charge in [0, 0.05) is 24.6 Å². The van der Waals surface area contributed by atoms with E-state index in [0.29, 0.717) is 18.8 Å². The number of amides is 2. The van der Waals surface area contributed by atoms with Crippen LogP contribution in [0.2, 0.25) is 0 Å². The van der Waals surface area contributed by atoms with Crippen LogP contribution in [0.3, 0.4) is 0 Å². The molecule has 0 fully saturated rings. The van der Waals surface area contributed by atoms with E-state index in [9.17, 15) is 9.59 Å². The lowest BCUT2D eigenvalue weighted by molar-refractivity contribution is -0.141. The Labute approximate surface area is 183 Å². The number of benzene rings is 2. The number of carbonyl (C=O) groups excluding carboxylic acids is 2. The van der Waals surface area contributed by atoms with Crippen molar-refractivity contribution in [3.05, 3.63) is 88.8 Å². The molecule has 31 heavy (non-hydrogen) atoms. The van der Waals surface area contributed by atoms with Crippen LogP contribution in [0, 0.1) is 12.3 Å². The van der Waals surface area contributed by atoms with Crippen LogP contribution in [0.5, 0.6) is 0 Å². The molecular weight excluding hydrogens is 390 g/mol. The van der Waals surface area contributed by atoms with Crippen molar-refractivity contribution in [2.45, 2.75) is 47.3 Å². The summed E-state index contributed by atoms with van der Waals surface area (Å²) in [7, 11) is 0. The zero-order chi connectivity index (χ0) is 22.4. The molecule has 0 aliphatic rings. The Morgan fingerprint density at radius 2 is 1.65 bits per heavy atom. The summed E-state index contributed by atoms with van der Waals surface area (Å²) >= 11 is 0. The summed E-state index contributed by atoms with van der Waals surface area (Å²) in [4.78, 5) is 27.2. The van der Waals surface area contributed by atoms with Gasteiger partial charge in [0.2, 0.25) is 5.91 Å². The van der Waals surface area contributed by atoms with Crippen molar-refractivity contribution in [1.29, 1.82) is 0 Å². The van der Waals surface area contributed by atoms with Gasteiger partial charge in [0.1, 0.15) is 0 Å². The van der Waals surface area contributed by atoms with Gasteiger partial charge in [0.15, 0.2) is 11.5 Å². The van der Waals surface area contributed by atoms with Gasteiger partial charge in [-0.3, -0.25) is 9.59 Å². The smallest absolute Gasteiger partial charge is 0.273 e. The van der Waals surface area contributed by atoms with E-state index in [1.807, 2.05) is 82.3 Å². The summed E-state index contributed by atoms with van der Waals surface area (Å²) < 4.78 is 5.38. The van der Waals surface area contributed by atoms with Crippen molar-refractivity contribution >= 4 is 11.8 Å². The summed E-state index contributed by atoms with van der Waals surface area (Å²) in [5.74, 6) is 0.152. The number of nitrogens with one attached hydrogen (secondary N) is 1. The van der Waals surface area contributed by atoms with Crippen LogP contribution < -0.4 is 5.32 Å². The Morgan fingerprint density at radius 3 is 2.29 bits per heavy atom. The van der Waals surface area contributed by atoms with Gasteiger partial charge < -0.3 is 14.7 Å². The molecule has 1 aromatic heterocycles. The fourth-order valence-corrected chi connectivity index (χ4v) is 3.14. The molecular formula is C25H29N3O3. The SMILES string of the molecule is Cc1ccc(CNC(=O)c2cc(CN(Cc3ccccc3)C(=O)C(C)(C)C)on2)cc1. The first-order chi connectivity index (χ1) is 14.7. The van der Waals surface area contributed by atoms with Gasteiger partial charge in [-0.1, -0.05) is 86.1 Å². The lowest BCUT2D eigenvalue weighted by atomic mass is 9.94. The van der Waals surface area contributed by atoms with Gasteiger partial charge in [-0.25, -0.2) is 0 Å². The number of carbonyl (C=O) groups is 2. The van der Waals surface area contributed by atoms with Crippen LogP contribution in [-0.4, -0.2) is 21.9 Å². The van der Waals surface area contributed by atoms with Crippen molar-refractivity contribution in [3.8, 4) is 0 Å². The molecule has 0 aliphatic carbocycles. The van der Waals surface area contributed by atoms with E-state index in [0.717, 1.165) is 11.1 Å². The highest BCUT2D eigenvalue weighted by Gasteiger charge is 2.28. The molecule has 0 saturated heterocycles. The molecule has 6 nitrogen and oxygen atoms in total. The number of nitrogens with zero attached hydrogens (tertiary/aromatic N) is 2. The van der Waals surface area contributed by atoms with Crippen molar-refractivity contribution in [1.82, 2.24) is 15.4 Å². The van der Waals surface area contributed by atoms with Crippen LogP contribution in [0.25, 0.3) is 0 Å². The maximum Gasteiger partial charge on any atom is 0.273 e. The van der Waals surface area contributed by atoms with Gasteiger partial charge in [-0.2, -0.15) is 0 Å². The Morgan fingerprint density at radius 1 is 0.968 bits per heavy atom. The first-order valence-electron chi connectivity index (χ1n) is 10.3. The molecule has 2 aromatic carbocycles. The Bertz CT molecular complexity index is 1020. The molecule has 0 spiro atoms. The number of hydrogen-bond donors (Lipinski definition) is 1. The number of hydrogen-bond acceptors (Lipinski definition) is 4. The minimum atomic E-state index is -0.539. The number of aromatic nitrogens is 1. The van der Waals surface area contributed by atoms with Crippen LogP contribution in [0.4, 0.5) is 0 Å². The van der Waals surface area contributed by atoms with Gasteiger partial charge in [-0.05, 0) is 18.1 Å². The summed E-state index contributed by atoms with van der Waals surface area (Å²) in [5.41, 5.74) is 2.86. The van der Waals surface area contributed by atoms with Gasteiger partial charge >= 0.3 is 0 Å². The molecule has 3 rings (SSSR count). The lowest BCUT2D eigenvalue weighted by Gasteiger charge is -2.28. The monoisotopic (exact) mass is 419 g/mol. The van der Waals surface area contributed by atoms with E-state index in [1.165, 1.54) is 5.56 Å². The summed E-state index contributed by atoms with van der Waals surface area (Å²) in [6.07, 6.45) is 0. The first-order valence-corrected chi connectivity index (χ1v) is 10.3. The molecule has 0 saturated carbocycles. The van der Waals surface area contributed by atoms with E-state index in [1.54, 1.807) is 11.0 Å². The molecule has 0 aliphatic heterocycles. The molecule has 162 valence electrons. The Balaban J connectivity index is 1.67. The third kappa shape index (κ3) is 6.28. The van der Waals surface area contributed by atoms with Crippen LogP contribution in [0.1, 0.15) is 53.7 Å².